The lowest BCUT2D eigenvalue weighted by molar-refractivity contribution is -0.137. The van der Waals surface area contributed by atoms with Gasteiger partial charge in [-0.25, -0.2) is 0 Å². The zero-order valence-corrected chi connectivity index (χ0v) is 15.2. The molecule has 1 saturated heterocycles. The molecule has 0 aliphatic carbocycles. The molecule has 5 nitrogen and oxygen atoms in total. The average Bonchev–Trinajstić information content (AvgIpc) is 3.21. The Morgan fingerprint density at radius 1 is 1.08 bits per heavy atom. The molecular weight excluding hydrogens is 340 g/mol. The predicted molar refractivity (Wildman–Crippen MR) is 97.0 cm³/mol. The number of hydrogen-bond acceptors (Lipinski definition) is 4. The summed E-state index contributed by atoms with van der Waals surface area (Å²) in [5.41, 5.74) is 1.79. The highest BCUT2D eigenvalue weighted by molar-refractivity contribution is 6.36. The second kappa shape index (κ2) is 8.02. The summed E-state index contributed by atoms with van der Waals surface area (Å²) in [6.07, 6.45) is 2.74. The molecule has 1 fully saturated rings. The maximum absolute atomic E-state index is 13.0. The van der Waals surface area contributed by atoms with Crippen LogP contribution in [0.5, 0.6) is 0 Å². The van der Waals surface area contributed by atoms with Gasteiger partial charge in [-0.2, -0.15) is 0 Å². The molecule has 2 amide bonds. The summed E-state index contributed by atoms with van der Waals surface area (Å²) in [7, 11) is 0. The SMILES string of the molecule is CCOCCCN1C(=O)C(c2ccc(Cl)cc2)=C(N2CCCC2)C1=O. The first-order valence-corrected chi connectivity index (χ1v) is 9.20. The molecule has 0 spiro atoms. The number of likely N-dealkylation sites (tertiary alicyclic amines) is 1. The van der Waals surface area contributed by atoms with Gasteiger partial charge in [-0.05, 0) is 43.9 Å². The van der Waals surface area contributed by atoms with Gasteiger partial charge in [0.05, 0.1) is 5.57 Å². The van der Waals surface area contributed by atoms with Crippen LogP contribution in [0, 0.1) is 0 Å². The Kier molecular flexibility index (Phi) is 5.76. The number of ether oxygens (including phenoxy) is 1. The maximum atomic E-state index is 13.0. The minimum atomic E-state index is -0.217. The molecule has 0 radical (unpaired) electrons. The third kappa shape index (κ3) is 3.72. The van der Waals surface area contributed by atoms with Gasteiger partial charge in [0.1, 0.15) is 5.70 Å². The quantitative estimate of drug-likeness (QED) is 0.552. The summed E-state index contributed by atoms with van der Waals surface area (Å²) < 4.78 is 5.33. The van der Waals surface area contributed by atoms with Crippen molar-refractivity contribution in [3.8, 4) is 0 Å². The first kappa shape index (κ1) is 18.0. The topological polar surface area (TPSA) is 49.9 Å². The first-order valence-electron chi connectivity index (χ1n) is 8.82. The van der Waals surface area contributed by atoms with E-state index in [0.717, 1.165) is 31.5 Å². The van der Waals surface area contributed by atoms with Crippen molar-refractivity contribution in [1.29, 1.82) is 0 Å². The fraction of sp³-hybridized carbons (Fsp3) is 0.474. The minimum Gasteiger partial charge on any atom is -0.382 e. The van der Waals surface area contributed by atoms with E-state index in [4.69, 9.17) is 16.3 Å². The van der Waals surface area contributed by atoms with E-state index in [0.29, 0.717) is 42.5 Å². The van der Waals surface area contributed by atoms with Crippen molar-refractivity contribution in [2.45, 2.75) is 26.2 Å². The monoisotopic (exact) mass is 362 g/mol. The molecule has 25 heavy (non-hydrogen) atoms. The van der Waals surface area contributed by atoms with Crippen molar-refractivity contribution >= 4 is 29.0 Å². The molecule has 1 aromatic carbocycles. The number of carbonyl (C=O) groups is 2. The number of halogens is 1. The van der Waals surface area contributed by atoms with E-state index in [1.165, 1.54) is 4.90 Å². The molecule has 1 aromatic rings. The van der Waals surface area contributed by atoms with Crippen LogP contribution in [0.3, 0.4) is 0 Å². The summed E-state index contributed by atoms with van der Waals surface area (Å²) in [4.78, 5) is 29.3. The van der Waals surface area contributed by atoms with Crippen LogP contribution in [0.25, 0.3) is 5.57 Å². The summed E-state index contributed by atoms with van der Waals surface area (Å²) in [6, 6.07) is 7.12. The fourth-order valence-corrected chi connectivity index (χ4v) is 3.47. The van der Waals surface area contributed by atoms with Gasteiger partial charge < -0.3 is 9.64 Å². The zero-order chi connectivity index (χ0) is 17.8. The minimum absolute atomic E-state index is 0.187. The molecular formula is C19H23ClN2O3. The van der Waals surface area contributed by atoms with Gasteiger partial charge in [0.25, 0.3) is 11.8 Å². The predicted octanol–water partition coefficient (Wildman–Crippen LogP) is 2.94. The number of imide groups is 1. The van der Waals surface area contributed by atoms with E-state index in [2.05, 4.69) is 0 Å². The largest absolute Gasteiger partial charge is 0.382 e. The molecule has 2 heterocycles. The van der Waals surface area contributed by atoms with E-state index >= 15 is 0 Å². The lowest BCUT2D eigenvalue weighted by atomic mass is 10.0. The van der Waals surface area contributed by atoms with Crippen molar-refractivity contribution < 1.29 is 14.3 Å². The molecule has 0 atom stereocenters. The second-order valence-corrected chi connectivity index (χ2v) is 6.67. The Hall–Kier alpha value is -1.85. The zero-order valence-electron chi connectivity index (χ0n) is 14.5. The number of carbonyl (C=O) groups excluding carboxylic acids is 2. The standard InChI is InChI=1S/C19H23ClN2O3/c1-2-25-13-5-12-22-18(23)16(14-6-8-15(20)9-7-14)17(19(22)24)21-10-3-4-11-21/h6-9H,2-5,10-13H2,1H3. The van der Waals surface area contributed by atoms with Gasteiger partial charge >= 0.3 is 0 Å². The van der Waals surface area contributed by atoms with Crippen LogP contribution in [0.1, 0.15) is 31.7 Å². The Morgan fingerprint density at radius 3 is 2.40 bits per heavy atom. The molecule has 2 aliphatic heterocycles. The van der Waals surface area contributed by atoms with Gasteiger partial charge in [0.2, 0.25) is 0 Å². The van der Waals surface area contributed by atoms with E-state index in [-0.39, 0.29) is 11.8 Å². The molecule has 0 unspecified atom stereocenters. The first-order chi connectivity index (χ1) is 12.1. The Morgan fingerprint density at radius 2 is 1.76 bits per heavy atom. The molecule has 134 valence electrons. The van der Waals surface area contributed by atoms with Crippen LogP contribution < -0.4 is 0 Å². The molecule has 6 heteroatoms. The van der Waals surface area contributed by atoms with Crippen LogP contribution in [-0.2, 0) is 14.3 Å². The molecule has 0 aromatic heterocycles. The van der Waals surface area contributed by atoms with Gasteiger partial charge in [0, 0.05) is 37.9 Å². The molecule has 0 N–H and O–H groups in total. The molecule has 3 rings (SSSR count). The molecule has 2 aliphatic rings. The normalized spacial score (nSPS) is 18.0. The fourth-order valence-electron chi connectivity index (χ4n) is 3.35. The third-order valence-corrected chi connectivity index (χ3v) is 4.83. The van der Waals surface area contributed by atoms with Crippen LogP contribution in [0.4, 0.5) is 0 Å². The number of nitrogens with zero attached hydrogens (tertiary/aromatic N) is 2. The van der Waals surface area contributed by atoms with E-state index in [1.54, 1.807) is 12.1 Å². The average molecular weight is 363 g/mol. The lowest BCUT2D eigenvalue weighted by Crippen LogP contribution is -2.35. The van der Waals surface area contributed by atoms with Crippen molar-refractivity contribution in [3.05, 3.63) is 40.5 Å². The van der Waals surface area contributed by atoms with Crippen molar-refractivity contribution in [2.75, 3.05) is 32.8 Å². The summed E-state index contributed by atoms with van der Waals surface area (Å²) in [5, 5.41) is 0.609. The molecule has 0 bridgehead atoms. The highest BCUT2D eigenvalue weighted by Crippen LogP contribution is 2.33. The summed E-state index contributed by atoms with van der Waals surface area (Å²) in [5.74, 6) is -0.404. The molecule has 0 saturated carbocycles. The highest BCUT2D eigenvalue weighted by Gasteiger charge is 2.41. The Balaban J connectivity index is 1.89. The maximum Gasteiger partial charge on any atom is 0.277 e. The lowest BCUT2D eigenvalue weighted by Gasteiger charge is -2.20. The van der Waals surface area contributed by atoms with Crippen LogP contribution in [0.2, 0.25) is 5.02 Å². The number of hydrogen-bond donors (Lipinski definition) is 0. The number of rotatable bonds is 7. The summed E-state index contributed by atoms with van der Waals surface area (Å²) in [6.45, 7) is 5.12. The van der Waals surface area contributed by atoms with E-state index in [1.807, 2.05) is 24.0 Å². The van der Waals surface area contributed by atoms with E-state index in [9.17, 15) is 9.59 Å². The van der Waals surface area contributed by atoms with Crippen LogP contribution >= 0.6 is 11.6 Å². The van der Waals surface area contributed by atoms with Crippen LogP contribution in [0.15, 0.2) is 30.0 Å². The van der Waals surface area contributed by atoms with Crippen molar-refractivity contribution in [1.82, 2.24) is 9.80 Å². The van der Waals surface area contributed by atoms with Crippen molar-refractivity contribution in [3.63, 3.8) is 0 Å². The number of amides is 2. The van der Waals surface area contributed by atoms with Gasteiger partial charge in [-0.15, -0.1) is 0 Å². The van der Waals surface area contributed by atoms with Gasteiger partial charge in [-0.3, -0.25) is 14.5 Å². The Labute approximate surface area is 153 Å². The third-order valence-electron chi connectivity index (χ3n) is 4.57. The number of benzene rings is 1. The van der Waals surface area contributed by atoms with Gasteiger partial charge in [-0.1, -0.05) is 23.7 Å². The smallest absolute Gasteiger partial charge is 0.277 e. The van der Waals surface area contributed by atoms with Crippen molar-refractivity contribution in [2.24, 2.45) is 0 Å². The van der Waals surface area contributed by atoms with E-state index < -0.39 is 0 Å². The summed E-state index contributed by atoms with van der Waals surface area (Å²) >= 11 is 5.97. The van der Waals surface area contributed by atoms with Crippen LogP contribution in [-0.4, -0.2) is 54.5 Å². The van der Waals surface area contributed by atoms with Gasteiger partial charge in [0.15, 0.2) is 0 Å². The Bertz CT molecular complexity index is 678. The second-order valence-electron chi connectivity index (χ2n) is 6.24. The highest BCUT2D eigenvalue weighted by atomic mass is 35.5.